The number of hydrogen-bond donors (Lipinski definition) is 2. The fraction of sp³-hybridized carbons (Fsp3) is 0.316. The van der Waals surface area contributed by atoms with Crippen LogP contribution in [0.5, 0.6) is 0 Å². The molecular formula is C19H21ClN2O3S. The Kier molecular flexibility index (Phi) is 5.25. The predicted octanol–water partition coefficient (Wildman–Crippen LogP) is 3.69. The van der Waals surface area contributed by atoms with Crippen LogP contribution < -0.4 is 10.0 Å². The molecule has 3 rings (SSSR count). The van der Waals surface area contributed by atoms with Gasteiger partial charge in [-0.05, 0) is 61.1 Å². The van der Waals surface area contributed by atoms with Gasteiger partial charge in [0.05, 0.1) is 22.9 Å². The molecule has 2 aromatic rings. The van der Waals surface area contributed by atoms with Crippen molar-refractivity contribution in [2.75, 3.05) is 11.0 Å². The Morgan fingerprint density at radius 1 is 1.12 bits per heavy atom. The molecule has 1 atom stereocenters. The zero-order valence-electron chi connectivity index (χ0n) is 14.7. The Bertz CT molecular complexity index is 957. The van der Waals surface area contributed by atoms with Gasteiger partial charge in [0.25, 0.3) is 5.91 Å². The number of anilines is 1. The van der Waals surface area contributed by atoms with Crippen LogP contribution in [0.4, 0.5) is 5.69 Å². The third kappa shape index (κ3) is 4.37. The molecule has 138 valence electrons. The summed E-state index contributed by atoms with van der Waals surface area (Å²) in [6.07, 6.45) is 4.45. The van der Waals surface area contributed by atoms with E-state index in [4.69, 9.17) is 11.6 Å². The first-order valence-corrected chi connectivity index (χ1v) is 10.7. The van der Waals surface area contributed by atoms with Crippen molar-refractivity contribution in [3.8, 4) is 0 Å². The quantitative estimate of drug-likeness (QED) is 0.814. The zero-order chi connectivity index (χ0) is 18.9. The molecule has 0 heterocycles. The lowest BCUT2D eigenvalue weighted by Gasteiger charge is -2.16. The van der Waals surface area contributed by atoms with Crippen molar-refractivity contribution in [3.63, 3.8) is 0 Å². The van der Waals surface area contributed by atoms with Gasteiger partial charge in [0.15, 0.2) is 0 Å². The number of amides is 1. The summed E-state index contributed by atoms with van der Waals surface area (Å²) in [5, 5.41) is 3.14. The summed E-state index contributed by atoms with van der Waals surface area (Å²) >= 11 is 6.16. The van der Waals surface area contributed by atoms with E-state index in [2.05, 4.69) is 28.2 Å². The number of benzene rings is 2. The van der Waals surface area contributed by atoms with Gasteiger partial charge in [-0.15, -0.1) is 0 Å². The number of hydrogen-bond acceptors (Lipinski definition) is 3. The molecule has 7 heteroatoms. The minimum Gasteiger partial charge on any atom is -0.345 e. The second-order valence-electron chi connectivity index (χ2n) is 6.65. The molecule has 0 saturated heterocycles. The molecule has 0 saturated carbocycles. The average molecular weight is 393 g/mol. The Hall–Kier alpha value is -2.05. The van der Waals surface area contributed by atoms with Gasteiger partial charge in [-0.3, -0.25) is 9.52 Å². The normalized spacial score (nSPS) is 14.6. The number of carbonyl (C=O) groups is 1. The van der Waals surface area contributed by atoms with Crippen molar-refractivity contribution in [2.24, 2.45) is 0 Å². The van der Waals surface area contributed by atoms with E-state index in [1.807, 2.05) is 6.92 Å². The van der Waals surface area contributed by atoms with E-state index in [-0.39, 0.29) is 17.0 Å². The van der Waals surface area contributed by atoms with Crippen molar-refractivity contribution in [2.45, 2.75) is 32.2 Å². The first-order valence-electron chi connectivity index (χ1n) is 8.43. The highest BCUT2D eigenvalue weighted by atomic mass is 35.5. The maximum Gasteiger partial charge on any atom is 0.253 e. The third-order valence-corrected chi connectivity index (χ3v) is 5.41. The highest BCUT2D eigenvalue weighted by molar-refractivity contribution is 7.92. The molecule has 0 spiro atoms. The Morgan fingerprint density at radius 3 is 2.54 bits per heavy atom. The number of sulfonamides is 1. The fourth-order valence-electron chi connectivity index (χ4n) is 3.20. The molecule has 0 unspecified atom stereocenters. The molecule has 5 nitrogen and oxygen atoms in total. The lowest BCUT2D eigenvalue weighted by Crippen LogP contribution is -2.27. The Labute approximate surface area is 158 Å². The van der Waals surface area contributed by atoms with E-state index < -0.39 is 10.0 Å². The minimum atomic E-state index is -3.40. The summed E-state index contributed by atoms with van der Waals surface area (Å²) in [7, 11) is -3.40. The average Bonchev–Trinajstić information content (AvgIpc) is 3.00. The molecule has 0 aromatic heterocycles. The van der Waals surface area contributed by atoms with Crippen LogP contribution in [0.2, 0.25) is 5.02 Å². The SMILES string of the molecule is C[C@@H](NC(=O)c1ccc(NS(C)(=O)=O)cc1Cl)c1ccc2c(c1)CCC2. The highest BCUT2D eigenvalue weighted by Crippen LogP contribution is 2.26. The number of fused-ring (bicyclic) bond motifs is 1. The van der Waals surface area contributed by atoms with Gasteiger partial charge in [-0.1, -0.05) is 29.8 Å². The van der Waals surface area contributed by atoms with Crippen LogP contribution in [0.3, 0.4) is 0 Å². The topological polar surface area (TPSA) is 75.3 Å². The highest BCUT2D eigenvalue weighted by Gasteiger charge is 2.17. The van der Waals surface area contributed by atoms with Crippen LogP contribution in [-0.2, 0) is 22.9 Å². The van der Waals surface area contributed by atoms with Crippen LogP contribution in [0.15, 0.2) is 36.4 Å². The van der Waals surface area contributed by atoms with Gasteiger partial charge in [0, 0.05) is 5.69 Å². The molecule has 0 radical (unpaired) electrons. The number of aryl methyl sites for hydroxylation is 2. The lowest BCUT2D eigenvalue weighted by molar-refractivity contribution is 0.0940. The molecule has 0 fully saturated rings. The van der Waals surface area contributed by atoms with Crippen LogP contribution in [0.1, 0.15) is 46.4 Å². The van der Waals surface area contributed by atoms with Gasteiger partial charge < -0.3 is 5.32 Å². The maximum atomic E-state index is 12.5. The Balaban J connectivity index is 1.73. The van der Waals surface area contributed by atoms with Gasteiger partial charge in [0.2, 0.25) is 10.0 Å². The van der Waals surface area contributed by atoms with Crippen molar-refractivity contribution in [1.29, 1.82) is 0 Å². The predicted molar refractivity (Wildman–Crippen MR) is 104 cm³/mol. The molecule has 0 bridgehead atoms. The summed E-state index contributed by atoms with van der Waals surface area (Å²) in [6.45, 7) is 1.93. The van der Waals surface area contributed by atoms with Crippen molar-refractivity contribution >= 4 is 33.2 Å². The minimum absolute atomic E-state index is 0.154. The van der Waals surface area contributed by atoms with E-state index in [1.165, 1.54) is 35.7 Å². The van der Waals surface area contributed by atoms with Gasteiger partial charge in [-0.25, -0.2) is 8.42 Å². The summed E-state index contributed by atoms with van der Waals surface area (Å²) in [5.74, 6) is -0.297. The second-order valence-corrected chi connectivity index (χ2v) is 8.80. The van der Waals surface area contributed by atoms with Crippen LogP contribution in [0, 0.1) is 0 Å². The van der Waals surface area contributed by atoms with Crippen LogP contribution in [0.25, 0.3) is 0 Å². The number of nitrogens with one attached hydrogen (secondary N) is 2. The molecule has 2 aromatic carbocycles. The molecular weight excluding hydrogens is 372 g/mol. The number of carbonyl (C=O) groups excluding carboxylic acids is 1. The third-order valence-electron chi connectivity index (χ3n) is 4.49. The molecule has 2 N–H and O–H groups in total. The molecule has 1 aliphatic rings. The van der Waals surface area contributed by atoms with Crippen LogP contribution >= 0.6 is 11.6 Å². The molecule has 1 aliphatic carbocycles. The van der Waals surface area contributed by atoms with Crippen molar-refractivity contribution < 1.29 is 13.2 Å². The summed E-state index contributed by atoms with van der Waals surface area (Å²) in [5.41, 5.74) is 4.44. The van der Waals surface area contributed by atoms with Crippen molar-refractivity contribution in [3.05, 3.63) is 63.7 Å². The summed E-state index contributed by atoms with van der Waals surface area (Å²) in [4.78, 5) is 12.5. The Morgan fingerprint density at radius 2 is 1.85 bits per heavy atom. The van der Waals surface area contributed by atoms with E-state index in [1.54, 1.807) is 0 Å². The molecule has 26 heavy (non-hydrogen) atoms. The van der Waals surface area contributed by atoms with E-state index in [9.17, 15) is 13.2 Å². The summed E-state index contributed by atoms with van der Waals surface area (Å²) < 4.78 is 24.9. The van der Waals surface area contributed by atoms with E-state index in [0.717, 1.165) is 24.7 Å². The standard InChI is InChI=1S/C19H21ClN2O3S/c1-12(14-7-6-13-4-3-5-15(13)10-14)21-19(23)17-9-8-16(11-18(17)20)22-26(2,24)25/h6-12,22H,3-5H2,1-2H3,(H,21,23)/t12-/m1/s1. The van der Waals surface area contributed by atoms with Crippen molar-refractivity contribution in [1.82, 2.24) is 5.32 Å². The van der Waals surface area contributed by atoms with Crippen LogP contribution in [-0.4, -0.2) is 20.6 Å². The zero-order valence-corrected chi connectivity index (χ0v) is 16.2. The maximum absolute atomic E-state index is 12.5. The summed E-state index contributed by atoms with van der Waals surface area (Å²) in [6, 6.07) is 10.7. The second kappa shape index (κ2) is 7.29. The van der Waals surface area contributed by atoms with Gasteiger partial charge in [-0.2, -0.15) is 0 Å². The first-order chi connectivity index (χ1) is 12.2. The van der Waals surface area contributed by atoms with E-state index >= 15 is 0 Å². The van der Waals surface area contributed by atoms with Gasteiger partial charge >= 0.3 is 0 Å². The number of halogens is 1. The smallest absolute Gasteiger partial charge is 0.253 e. The number of rotatable bonds is 5. The molecule has 0 aliphatic heterocycles. The monoisotopic (exact) mass is 392 g/mol. The first kappa shape index (κ1) is 18.7. The molecule has 1 amide bonds. The lowest BCUT2D eigenvalue weighted by atomic mass is 10.0. The largest absolute Gasteiger partial charge is 0.345 e. The van der Waals surface area contributed by atoms with E-state index in [0.29, 0.717) is 11.3 Å². The fourth-order valence-corrected chi connectivity index (χ4v) is 4.02. The van der Waals surface area contributed by atoms with Gasteiger partial charge in [0.1, 0.15) is 0 Å².